The third-order valence-electron chi connectivity index (χ3n) is 7.73. The molecule has 0 radical (unpaired) electrons. The highest BCUT2D eigenvalue weighted by Gasteiger charge is 2.46. The molecule has 3 aromatic rings. The van der Waals surface area contributed by atoms with Crippen LogP contribution in [0.5, 0.6) is 0 Å². The fraction of sp³-hybridized carbons (Fsp3) is 0.394. The first-order chi connectivity index (χ1) is 18.8. The van der Waals surface area contributed by atoms with Crippen LogP contribution in [-0.2, 0) is 9.53 Å². The zero-order chi connectivity index (χ0) is 27.4. The van der Waals surface area contributed by atoms with Crippen LogP contribution in [0.3, 0.4) is 0 Å². The van der Waals surface area contributed by atoms with Gasteiger partial charge in [-0.2, -0.15) is 0 Å². The Bertz CT molecular complexity index is 1200. The second kappa shape index (κ2) is 11.6. The van der Waals surface area contributed by atoms with Gasteiger partial charge in [0.05, 0.1) is 6.04 Å². The maximum absolute atomic E-state index is 14.1. The molecule has 0 N–H and O–H groups in total. The molecule has 6 nitrogen and oxygen atoms in total. The van der Waals surface area contributed by atoms with E-state index < -0.39 is 17.7 Å². The van der Waals surface area contributed by atoms with Gasteiger partial charge >= 0.3 is 6.09 Å². The van der Waals surface area contributed by atoms with Crippen molar-refractivity contribution in [2.75, 3.05) is 32.7 Å². The predicted molar refractivity (Wildman–Crippen MR) is 153 cm³/mol. The monoisotopic (exact) mass is 525 g/mol. The smallest absolute Gasteiger partial charge is 0.410 e. The molecule has 204 valence electrons. The lowest BCUT2D eigenvalue weighted by atomic mass is 9.90. The van der Waals surface area contributed by atoms with Crippen LogP contribution in [0, 0.1) is 0 Å². The number of likely N-dealkylation sites (tertiary alicyclic amines) is 1. The van der Waals surface area contributed by atoms with E-state index in [1.54, 1.807) is 4.90 Å². The summed E-state index contributed by atoms with van der Waals surface area (Å²) in [6.07, 6.45) is 0.329. The van der Waals surface area contributed by atoms with Crippen molar-refractivity contribution in [1.29, 1.82) is 0 Å². The topological polar surface area (TPSA) is 53.1 Å². The summed E-state index contributed by atoms with van der Waals surface area (Å²) in [6, 6.07) is 30.8. The zero-order valence-electron chi connectivity index (χ0n) is 23.2. The van der Waals surface area contributed by atoms with E-state index in [2.05, 4.69) is 65.6 Å². The van der Waals surface area contributed by atoms with E-state index in [1.807, 2.05) is 56.0 Å². The maximum atomic E-state index is 14.1. The van der Waals surface area contributed by atoms with Crippen molar-refractivity contribution in [3.63, 3.8) is 0 Å². The van der Waals surface area contributed by atoms with Crippen molar-refractivity contribution in [2.24, 2.45) is 0 Å². The van der Waals surface area contributed by atoms with Crippen molar-refractivity contribution in [3.8, 4) is 0 Å². The molecule has 39 heavy (non-hydrogen) atoms. The van der Waals surface area contributed by atoms with Crippen LogP contribution in [0.1, 0.15) is 55.8 Å². The molecule has 0 aliphatic carbocycles. The molecule has 2 fully saturated rings. The van der Waals surface area contributed by atoms with Crippen LogP contribution < -0.4 is 0 Å². The lowest BCUT2D eigenvalue weighted by Gasteiger charge is -2.41. The lowest BCUT2D eigenvalue weighted by molar-refractivity contribution is -0.138. The quantitative estimate of drug-likeness (QED) is 0.428. The van der Waals surface area contributed by atoms with Gasteiger partial charge in [0.2, 0.25) is 5.91 Å². The van der Waals surface area contributed by atoms with E-state index in [1.165, 1.54) is 11.1 Å². The van der Waals surface area contributed by atoms with E-state index in [-0.39, 0.29) is 17.9 Å². The summed E-state index contributed by atoms with van der Waals surface area (Å²) >= 11 is 0. The number of benzene rings is 3. The highest BCUT2D eigenvalue weighted by atomic mass is 16.6. The molecule has 2 saturated heterocycles. The number of rotatable bonds is 5. The highest BCUT2D eigenvalue weighted by Crippen LogP contribution is 2.36. The standard InChI is InChI=1S/C33H39N3O3/c1-33(2,3)39-32(38)36-20-19-28(25-13-7-4-8-14-25)30(36)31(37)35-23-21-34(22-24-35)29(26-15-9-5-10-16-26)27-17-11-6-12-18-27/h4-18,28-30H,19-24H2,1-3H3/t28-,30+/m1/s1. The van der Waals surface area contributed by atoms with E-state index in [9.17, 15) is 9.59 Å². The largest absolute Gasteiger partial charge is 0.444 e. The van der Waals surface area contributed by atoms with Crippen molar-refractivity contribution in [2.45, 2.75) is 50.8 Å². The van der Waals surface area contributed by atoms with Crippen LogP contribution in [0.15, 0.2) is 91.0 Å². The third-order valence-corrected chi connectivity index (χ3v) is 7.73. The molecule has 0 spiro atoms. The first kappa shape index (κ1) is 26.9. The molecule has 3 aromatic carbocycles. The molecule has 0 saturated carbocycles. The normalized spacial score (nSPS) is 20.3. The SMILES string of the molecule is CC(C)(C)OC(=O)N1CC[C@H](c2ccccc2)[C@H]1C(=O)N1CCN(C(c2ccccc2)c2ccccc2)CC1. The van der Waals surface area contributed by atoms with Gasteiger partial charge in [0, 0.05) is 38.6 Å². The lowest BCUT2D eigenvalue weighted by Crippen LogP contribution is -2.56. The summed E-state index contributed by atoms with van der Waals surface area (Å²) < 4.78 is 5.73. The third kappa shape index (κ3) is 6.17. The summed E-state index contributed by atoms with van der Waals surface area (Å²) in [5, 5.41) is 0. The molecular formula is C33H39N3O3. The molecule has 0 unspecified atom stereocenters. The molecule has 2 atom stereocenters. The average Bonchev–Trinajstić information content (AvgIpc) is 3.40. The Morgan fingerprint density at radius 3 is 1.77 bits per heavy atom. The van der Waals surface area contributed by atoms with E-state index in [0.717, 1.165) is 25.1 Å². The van der Waals surface area contributed by atoms with Crippen molar-refractivity contribution in [3.05, 3.63) is 108 Å². The summed E-state index contributed by atoms with van der Waals surface area (Å²) in [4.78, 5) is 33.4. The van der Waals surface area contributed by atoms with Crippen molar-refractivity contribution < 1.29 is 14.3 Å². The number of carbonyl (C=O) groups excluding carboxylic acids is 2. The Kier molecular flexibility index (Phi) is 8.03. The second-order valence-electron chi connectivity index (χ2n) is 11.5. The number of piperazine rings is 1. The second-order valence-corrected chi connectivity index (χ2v) is 11.5. The van der Waals surface area contributed by atoms with Crippen molar-refractivity contribution >= 4 is 12.0 Å². The van der Waals surface area contributed by atoms with E-state index in [0.29, 0.717) is 19.6 Å². The molecule has 5 rings (SSSR count). The molecule has 0 bridgehead atoms. The first-order valence-corrected chi connectivity index (χ1v) is 14.0. The average molecular weight is 526 g/mol. The molecule has 2 aliphatic heterocycles. The highest BCUT2D eigenvalue weighted by molar-refractivity contribution is 5.87. The van der Waals surface area contributed by atoms with Gasteiger partial charge in [0.25, 0.3) is 0 Å². The van der Waals surface area contributed by atoms with Crippen LogP contribution in [0.4, 0.5) is 4.79 Å². The first-order valence-electron chi connectivity index (χ1n) is 14.0. The summed E-state index contributed by atoms with van der Waals surface area (Å²) in [5.41, 5.74) is 2.97. The van der Waals surface area contributed by atoms with Gasteiger partial charge in [0.1, 0.15) is 11.6 Å². The van der Waals surface area contributed by atoms with E-state index in [4.69, 9.17) is 4.74 Å². The van der Waals surface area contributed by atoms with Gasteiger partial charge in [-0.15, -0.1) is 0 Å². The summed E-state index contributed by atoms with van der Waals surface area (Å²) in [6.45, 7) is 8.86. The van der Waals surface area contributed by atoms with Crippen LogP contribution >= 0.6 is 0 Å². The molecular weight excluding hydrogens is 486 g/mol. The van der Waals surface area contributed by atoms with Gasteiger partial charge in [-0.3, -0.25) is 14.6 Å². The molecule has 2 heterocycles. The Hall–Kier alpha value is -3.64. The number of amides is 2. The van der Waals surface area contributed by atoms with Gasteiger partial charge in [-0.05, 0) is 43.9 Å². The van der Waals surface area contributed by atoms with Crippen LogP contribution in [-0.4, -0.2) is 71.1 Å². The Labute approximate surface area is 232 Å². The van der Waals surface area contributed by atoms with Crippen LogP contribution in [0.2, 0.25) is 0 Å². The van der Waals surface area contributed by atoms with Gasteiger partial charge in [-0.1, -0.05) is 91.0 Å². The summed E-state index contributed by atoms with van der Waals surface area (Å²) in [7, 11) is 0. The number of ether oxygens (including phenoxy) is 1. The molecule has 2 aliphatic rings. The molecule has 6 heteroatoms. The number of hydrogen-bond donors (Lipinski definition) is 0. The number of nitrogens with zero attached hydrogens (tertiary/aromatic N) is 3. The van der Waals surface area contributed by atoms with Gasteiger partial charge in [-0.25, -0.2) is 4.79 Å². The Morgan fingerprint density at radius 1 is 0.744 bits per heavy atom. The van der Waals surface area contributed by atoms with E-state index >= 15 is 0 Å². The van der Waals surface area contributed by atoms with Gasteiger partial charge in [0.15, 0.2) is 0 Å². The predicted octanol–water partition coefficient (Wildman–Crippen LogP) is 5.71. The fourth-order valence-corrected chi connectivity index (χ4v) is 5.94. The maximum Gasteiger partial charge on any atom is 0.410 e. The minimum Gasteiger partial charge on any atom is -0.444 e. The number of carbonyl (C=O) groups is 2. The minimum absolute atomic E-state index is 0.0165. The fourth-order valence-electron chi connectivity index (χ4n) is 5.94. The van der Waals surface area contributed by atoms with Crippen molar-refractivity contribution in [1.82, 2.24) is 14.7 Å². The Balaban J connectivity index is 1.35. The van der Waals surface area contributed by atoms with Gasteiger partial charge < -0.3 is 9.64 Å². The molecule has 2 amide bonds. The Morgan fingerprint density at radius 2 is 1.26 bits per heavy atom. The van der Waals surface area contributed by atoms with Crippen LogP contribution in [0.25, 0.3) is 0 Å². The minimum atomic E-state index is -0.620. The molecule has 0 aromatic heterocycles. The zero-order valence-corrected chi connectivity index (χ0v) is 23.2. The summed E-state index contributed by atoms with van der Waals surface area (Å²) in [5.74, 6) is -0.0338. The number of hydrogen-bond acceptors (Lipinski definition) is 4.